The number of phenolic OH excluding ortho intramolecular Hbond substituents is 1. The Morgan fingerprint density at radius 3 is 2.68 bits per heavy atom. The van der Waals surface area contributed by atoms with Crippen LogP contribution in [0.2, 0.25) is 5.02 Å². The van der Waals surface area contributed by atoms with Gasteiger partial charge in [-0.1, -0.05) is 29.8 Å². The van der Waals surface area contributed by atoms with Crippen molar-refractivity contribution in [2.45, 2.75) is 6.42 Å². The van der Waals surface area contributed by atoms with Gasteiger partial charge in [0.05, 0.1) is 12.1 Å². The zero-order valence-corrected chi connectivity index (χ0v) is 12.8. The number of hydrogen-bond donors (Lipinski definition) is 2. The molecule has 0 aliphatic rings. The number of benzene rings is 2. The Kier molecular flexibility index (Phi) is 4.66. The first-order valence-electron chi connectivity index (χ1n) is 5.58. The lowest BCUT2D eigenvalue weighted by Crippen LogP contribution is -2.15. The molecule has 0 unspecified atom stereocenters. The topological polar surface area (TPSA) is 49.3 Å². The number of phenols is 1. The second-order valence-electron chi connectivity index (χ2n) is 3.98. The fourth-order valence-electron chi connectivity index (χ4n) is 1.62. The van der Waals surface area contributed by atoms with E-state index in [0.717, 1.165) is 3.57 Å². The van der Waals surface area contributed by atoms with Crippen LogP contribution in [0.25, 0.3) is 0 Å². The number of para-hydroxylation sites is 1. The van der Waals surface area contributed by atoms with Crippen molar-refractivity contribution in [1.82, 2.24) is 0 Å². The molecule has 2 aromatic rings. The molecule has 0 aromatic heterocycles. The minimum absolute atomic E-state index is 0.128. The van der Waals surface area contributed by atoms with Gasteiger partial charge in [-0.2, -0.15) is 0 Å². The van der Waals surface area contributed by atoms with E-state index in [-0.39, 0.29) is 18.1 Å². The predicted octanol–water partition coefficient (Wildman–Crippen LogP) is 3.83. The molecule has 0 radical (unpaired) electrons. The number of carbonyl (C=O) groups excluding carboxylic acids is 1. The van der Waals surface area contributed by atoms with Gasteiger partial charge >= 0.3 is 0 Å². The fourth-order valence-corrected chi connectivity index (χ4v) is 2.62. The second kappa shape index (κ2) is 6.25. The quantitative estimate of drug-likeness (QED) is 0.787. The van der Waals surface area contributed by atoms with Crippen molar-refractivity contribution < 1.29 is 9.90 Å². The second-order valence-corrected chi connectivity index (χ2v) is 5.58. The lowest BCUT2D eigenvalue weighted by Gasteiger charge is -2.08. The van der Waals surface area contributed by atoms with Gasteiger partial charge in [0.1, 0.15) is 5.75 Å². The highest BCUT2D eigenvalue weighted by Gasteiger charge is 2.09. The van der Waals surface area contributed by atoms with Crippen molar-refractivity contribution in [3.63, 3.8) is 0 Å². The molecule has 0 atom stereocenters. The highest BCUT2D eigenvalue weighted by Crippen LogP contribution is 2.23. The van der Waals surface area contributed by atoms with Crippen molar-refractivity contribution in [3.8, 4) is 5.75 Å². The highest BCUT2D eigenvalue weighted by molar-refractivity contribution is 14.1. The van der Waals surface area contributed by atoms with E-state index in [9.17, 15) is 9.90 Å². The van der Waals surface area contributed by atoms with Crippen LogP contribution >= 0.6 is 34.2 Å². The summed E-state index contributed by atoms with van der Waals surface area (Å²) in [4.78, 5) is 11.9. The van der Waals surface area contributed by atoms with Crippen LogP contribution in [0.15, 0.2) is 42.5 Å². The molecule has 2 rings (SSSR count). The standard InChI is InChI=1S/C14H11ClINO2/c15-10-5-6-12(11(16)8-10)17-14(19)7-9-3-1-2-4-13(9)18/h1-6,8,18H,7H2,(H,17,19). The number of amides is 1. The molecule has 0 fully saturated rings. The summed E-state index contributed by atoms with van der Waals surface area (Å²) in [6.45, 7) is 0. The van der Waals surface area contributed by atoms with E-state index in [1.807, 2.05) is 0 Å². The van der Waals surface area contributed by atoms with Crippen LogP contribution in [0.4, 0.5) is 5.69 Å². The third-order valence-corrected chi connectivity index (χ3v) is 3.68. The maximum Gasteiger partial charge on any atom is 0.228 e. The van der Waals surface area contributed by atoms with E-state index in [2.05, 4.69) is 27.9 Å². The zero-order chi connectivity index (χ0) is 13.8. The van der Waals surface area contributed by atoms with Crippen LogP contribution in [-0.2, 0) is 11.2 Å². The van der Waals surface area contributed by atoms with Gasteiger partial charge in [0.2, 0.25) is 5.91 Å². The van der Waals surface area contributed by atoms with Gasteiger partial charge in [0.15, 0.2) is 0 Å². The van der Waals surface area contributed by atoms with Gasteiger partial charge in [-0.15, -0.1) is 0 Å². The molecule has 0 saturated carbocycles. The number of rotatable bonds is 3. The Balaban J connectivity index is 2.08. The first kappa shape index (κ1) is 14.1. The number of carbonyl (C=O) groups is 1. The molecule has 3 nitrogen and oxygen atoms in total. The van der Waals surface area contributed by atoms with E-state index in [0.29, 0.717) is 16.3 Å². The van der Waals surface area contributed by atoms with Crippen molar-refractivity contribution in [3.05, 3.63) is 56.6 Å². The summed E-state index contributed by atoms with van der Waals surface area (Å²) in [5, 5.41) is 13.0. The summed E-state index contributed by atoms with van der Waals surface area (Å²) < 4.78 is 0.871. The third-order valence-electron chi connectivity index (χ3n) is 2.55. The summed E-state index contributed by atoms with van der Waals surface area (Å²) in [5.41, 5.74) is 1.31. The Morgan fingerprint density at radius 1 is 1.26 bits per heavy atom. The van der Waals surface area contributed by atoms with Crippen molar-refractivity contribution in [1.29, 1.82) is 0 Å². The Labute approximate surface area is 129 Å². The summed E-state index contributed by atoms with van der Waals surface area (Å²) in [7, 11) is 0. The van der Waals surface area contributed by atoms with E-state index in [1.165, 1.54) is 0 Å². The molecule has 1 amide bonds. The highest BCUT2D eigenvalue weighted by atomic mass is 127. The molecule has 2 aromatic carbocycles. The number of halogens is 2. The molecule has 0 heterocycles. The van der Waals surface area contributed by atoms with Crippen molar-refractivity contribution in [2.75, 3.05) is 5.32 Å². The molecule has 0 bridgehead atoms. The van der Waals surface area contributed by atoms with E-state index < -0.39 is 0 Å². The smallest absolute Gasteiger partial charge is 0.228 e. The van der Waals surface area contributed by atoms with Crippen LogP contribution in [0.1, 0.15) is 5.56 Å². The van der Waals surface area contributed by atoms with Gasteiger partial charge in [-0.25, -0.2) is 0 Å². The molecule has 98 valence electrons. The Hall–Kier alpha value is -1.27. The summed E-state index contributed by atoms with van der Waals surface area (Å²) in [5.74, 6) is -0.0507. The molecular formula is C14H11ClINO2. The average molecular weight is 388 g/mol. The van der Waals surface area contributed by atoms with Crippen LogP contribution in [0, 0.1) is 3.57 Å². The molecule has 19 heavy (non-hydrogen) atoms. The lowest BCUT2D eigenvalue weighted by molar-refractivity contribution is -0.115. The third kappa shape index (κ3) is 3.84. The maximum atomic E-state index is 11.9. The zero-order valence-electron chi connectivity index (χ0n) is 9.86. The molecule has 0 aliphatic heterocycles. The maximum absolute atomic E-state index is 11.9. The fraction of sp³-hybridized carbons (Fsp3) is 0.0714. The van der Waals surface area contributed by atoms with E-state index >= 15 is 0 Å². The number of hydrogen-bond acceptors (Lipinski definition) is 2. The minimum Gasteiger partial charge on any atom is -0.508 e. The largest absolute Gasteiger partial charge is 0.508 e. The summed E-state index contributed by atoms with van der Waals surface area (Å²) >= 11 is 7.96. The SMILES string of the molecule is O=C(Cc1ccccc1O)Nc1ccc(Cl)cc1I. The van der Waals surface area contributed by atoms with Gasteiger partial charge in [0, 0.05) is 14.2 Å². The molecule has 0 saturated heterocycles. The van der Waals surface area contributed by atoms with Crippen LogP contribution in [-0.4, -0.2) is 11.0 Å². The van der Waals surface area contributed by atoms with Gasteiger partial charge < -0.3 is 10.4 Å². The number of nitrogens with one attached hydrogen (secondary N) is 1. The summed E-state index contributed by atoms with van der Waals surface area (Å²) in [6, 6.07) is 12.0. The summed E-state index contributed by atoms with van der Waals surface area (Å²) in [6.07, 6.45) is 0.130. The monoisotopic (exact) mass is 387 g/mol. The Bertz CT molecular complexity index is 616. The van der Waals surface area contributed by atoms with Gasteiger partial charge in [-0.3, -0.25) is 4.79 Å². The molecule has 0 aliphatic carbocycles. The predicted molar refractivity (Wildman–Crippen MR) is 84.6 cm³/mol. The van der Waals surface area contributed by atoms with Crippen molar-refractivity contribution in [2.24, 2.45) is 0 Å². The average Bonchev–Trinajstić information content (AvgIpc) is 2.36. The van der Waals surface area contributed by atoms with Gasteiger partial charge in [-0.05, 0) is 46.9 Å². The van der Waals surface area contributed by atoms with E-state index in [1.54, 1.807) is 42.5 Å². The number of anilines is 1. The Morgan fingerprint density at radius 2 is 2.00 bits per heavy atom. The van der Waals surface area contributed by atoms with Crippen LogP contribution in [0.5, 0.6) is 5.75 Å². The molecule has 0 spiro atoms. The van der Waals surface area contributed by atoms with E-state index in [4.69, 9.17) is 11.6 Å². The molecule has 5 heteroatoms. The van der Waals surface area contributed by atoms with Gasteiger partial charge in [0.25, 0.3) is 0 Å². The normalized spacial score (nSPS) is 10.2. The number of aromatic hydroxyl groups is 1. The van der Waals surface area contributed by atoms with Crippen LogP contribution in [0.3, 0.4) is 0 Å². The first-order valence-corrected chi connectivity index (χ1v) is 7.03. The van der Waals surface area contributed by atoms with Crippen LogP contribution < -0.4 is 5.32 Å². The first-order chi connectivity index (χ1) is 9.06. The molecule has 2 N–H and O–H groups in total. The van der Waals surface area contributed by atoms with Crippen molar-refractivity contribution >= 4 is 45.8 Å². The molecular weight excluding hydrogens is 377 g/mol. The minimum atomic E-state index is -0.179. The lowest BCUT2D eigenvalue weighted by atomic mass is 10.1.